The van der Waals surface area contributed by atoms with Crippen LogP contribution in [0.4, 0.5) is 0 Å². The summed E-state index contributed by atoms with van der Waals surface area (Å²) in [5, 5.41) is 3.01. The van der Waals surface area contributed by atoms with E-state index in [1.165, 1.54) is 18.9 Å². The second-order valence-electron chi connectivity index (χ2n) is 4.60. The Bertz CT molecular complexity index is 436. The van der Waals surface area contributed by atoms with Gasteiger partial charge in [-0.1, -0.05) is 37.3 Å². The van der Waals surface area contributed by atoms with Crippen LogP contribution in [0.15, 0.2) is 30.3 Å². The lowest BCUT2D eigenvalue weighted by atomic mass is 10.1. The number of hydrogen-bond donors (Lipinski definition) is 1. The Kier molecular flexibility index (Phi) is 7.15. The van der Waals surface area contributed by atoms with E-state index in [1.807, 2.05) is 44.2 Å². The summed E-state index contributed by atoms with van der Waals surface area (Å²) in [6.45, 7) is 3.87. The summed E-state index contributed by atoms with van der Waals surface area (Å²) in [7, 11) is 1.37. The molecule has 0 saturated carbocycles. The molecule has 0 aromatic heterocycles. The standard InChI is InChI=1S/C15H21NO3S/c1-11(9-15(18)19-3)20-10-14(17)16-12(2)13-7-5-4-6-8-13/h4-8,11-12H,9-10H2,1-3H3,(H,16,17). The quantitative estimate of drug-likeness (QED) is 0.785. The molecule has 0 radical (unpaired) electrons. The first-order valence-electron chi connectivity index (χ1n) is 6.55. The molecule has 0 aliphatic rings. The third kappa shape index (κ3) is 6.10. The third-order valence-corrected chi connectivity index (χ3v) is 4.02. The molecule has 0 bridgehead atoms. The smallest absolute Gasteiger partial charge is 0.306 e. The lowest BCUT2D eigenvalue weighted by Gasteiger charge is -2.15. The lowest BCUT2D eigenvalue weighted by molar-refractivity contribution is -0.140. The average Bonchev–Trinajstić information content (AvgIpc) is 2.45. The molecule has 1 rings (SSSR count). The molecule has 0 aliphatic carbocycles. The van der Waals surface area contributed by atoms with Gasteiger partial charge in [-0.25, -0.2) is 0 Å². The number of ether oxygens (including phenoxy) is 1. The number of amides is 1. The number of esters is 1. The predicted octanol–water partition coefficient (Wildman–Crippen LogP) is 2.55. The monoisotopic (exact) mass is 295 g/mol. The van der Waals surface area contributed by atoms with Crippen LogP contribution in [0.5, 0.6) is 0 Å². The van der Waals surface area contributed by atoms with E-state index >= 15 is 0 Å². The van der Waals surface area contributed by atoms with Gasteiger partial charge in [0.15, 0.2) is 0 Å². The Balaban J connectivity index is 2.31. The Hall–Kier alpha value is -1.49. The topological polar surface area (TPSA) is 55.4 Å². The van der Waals surface area contributed by atoms with Crippen LogP contribution in [0.2, 0.25) is 0 Å². The number of carbonyl (C=O) groups excluding carboxylic acids is 2. The number of benzene rings is 1. The van der Waals surface area contributed by atoms with Gasteiger partial charge in [-0.15, -0.1) is 11.8 Å². The highest BCUT2D eigenvalue weighted by molar-refractivity contribution is 8.00. The highest BCUT2D eigenvalue weighted by Crippen LogP contribution is 2.16. The van der Waals surface area contributed by atoms with Gasteiger partial charge >= 0.3 is 5.97 Å². The molecule has 2 unspecified atom stereocenters. The summed E-state index contributed by atoms with van der Waals surface area (Å²) in [5.74, 6) is 0.0705. The van der Waals surface area contributed by atoms with E-state index < -0.39 is 0 Å². The van der Waals surface area contributed by atoms with E-state index in [0.717, 1.165) is 5.56 Å². The van der Waals surface area contributed by atoms with Crippen LogP contribution in [-0.4, -0.2) is 30.0 Å². The zero-order valence-corrected chi connectivity index (χ0v) is 12.9. The third-order valence-electron chi connectivity index (χ3n) is 2.86. The van der Waals surface area contributed by atoms with Crippen molar-refractivity contribution in [1.82, 2.24) is 5.32 Å². The van der Waals surface area contributed by atoms with Crippen LogP contribution in [0.25, 0.3) is 0 Å². The maximum Gasteiger partial charge on any atom is 0.306 e. The summed E-state index contributed by atoms with van der Waals surface area (Å²) >= 11 is 1.45. The Morgan fingerprint density at radius 1 is 1.25 bits per heavy atom. The summed E-state index contributed by atoms with van der Waals surface area (Å²) in [6, 6.07) is 9.80. The molecular formula is C15H21NO3S. The molecule has 0 spiro atoms. The maximum absolute atomic E-state index is 11.8. The van der Waals surface area contributed by atoms with Crippen LogP contribution < -0.4 is 5.32 Å². The highest BCUT2D eigenvalue weighted by atomic mass is 32.2. The van der Waals surface area contributed by atoms with Gasteiger partial charge in [-0.2, -0.15) is 0 Å². The molecule has 0 saturated heterocycles. The van der Waals surface area contributed by atoms with Gasteiger partial charge in [0.1, 0.15) is 0 Å². The molecule has 5 heteroatoms. The summed E-state index contributed by atoms with van der Waals surface area (Å²) < 4.78 is 4.60. The number of carbonyl (C=O) groups is 2. The van der Waals surface area contributed by atoms with Gasteiger partial charge in [0.25, 0.3) is 0 Å². The first-order valence-corrected chi connectivity index (χ1v) is 7.60. The van der Waals surface area contributed by atoms with Gasteiger partial charge in [-0.3, -0.25) is 9.59 Å². The van der Waals surface area contributed by atoms with Crippen molar-refractivity contribution in [1.29, 1.82) is 0 Å². The van der Waals surface area contributed by atoms with Crippen molar-refractivity contribution in [3.63, 3.8) is 0 Å². The van der Waals surface area contributed by atoms with E-state index in [0.29, 0.717) is 12.2 Å². The molecule has 20 heavy (non-hydrogen) atoms. The first kappa shape index (κ1) is 16.6. The largest absolute Gasteiger partial charge is 0.469 e. The Morgan fingerprint density at radius 2 is 1.90 bits per heavy atom. The summed E-state index contributed by atoms with van der Waals surface area (Å²) in [4.78, 5) is 22.9. The molecule has 0 heterocycles. The first-order chi connectivity index (χ1) is 9.52. The molecule has 1 amide bonds. The summed E-state index contributed by atoms with van der Waals surface area (Å²) in [5.41, 5.74) is 1.08. The van der Waals surface area contributed by atoms with E-state index in [-0.39, 0.29) is 23.2 Å². The van der Waals surface area contributed by atoms with Crippen LogP contribution in [0.3, 0.4) is 0 Å². The van der Waals surface area contributed by atoms with Crippen molar-refractivity contribution in [2.45, 2.75) is 31.6 Å². The number of hydrogen-bond acceptors (Lipinski definition) is 4. The minimum absolute atomic E-state index is 0.0137. The molecule has 1 aromatic carbocycles. The SMILES string of the molecule is COC(=O)CC(C)SCC(=O)NC(C)c1ccccc1. The normalized spacial score (nSPS) is 13.3. The van der Waals surface area contributed by atoms with Crippen LogP contribution in [-0.2, 0) is 14.3 Å². The van der Waals surface area contributed by atoms with Gasteiger partial charge in [-0.05, 0) is 12.5 Å². The molecule has 0 fully saturated rings. The number of nitrogens with one attached hydrogen (secondary N) is 1. The Labute approximate surface area is 124 Å². The van der Waals surface area contributed by atoms with Gasteiger partial charge < -0.3 is 10.1 Å². The van der Waals surface area contributed by atoms with Crippen molar-refractivity contribution < 1.29 is 14.3 Å². The second-order valence-corrected chi connectivity index (χ2v) is 6.03. The molecule has 2 atom stereocenters. The fourth-order valence-corrected chi connectivity index (χ4v) is 2.48. The van der Waals surface area contributed by atoms with Crippen molar-refractivity contribution in [3.8, 4) is 0 Å². The average molecular weight is 295 g/mol. The molecule has 1 N–H and O–H groups in total. The van der Waals surface area contributed by atoms with Crippen molar-refractivity contribution in [2.24, 2.45) is 0 Å². The van der Waals surface area contributed by atoms with Gasteiger partial charge in [0, 0.05) is 5.25 Å². The summed E-state index contributed by atoms with van der Waals surface area (Å²) in [6.07, 6.45) is 0.322. The number of thioether (sulfide) groups is 1. The molecular weight excluding hydrogens is 274 g/mol. The zero-order chi connectivity index (χ0) is 15.0. The molecule has 4 nitrogen and oxygen atoms in total. The van der Waals surface area contributed by atoms with E-state index in [9.17, 15) is 9.59 Å². The fraction of sp³-hybridized carbons (Fsp3) is 0.467. The van der Waals surface area contributed by atoms with Crippen molar-refractivity contribution in [3.05, 3.63) is 35.9 Å². The van der Waals surface area contributed by atoms with Gasteiger partial charge in [0.2, 0.25) is 5.91 Å². The number of rotatable bonds is 7. The van der Waals surface area contributed by atoms with Gasteiger partial charge in [0.05, 0.1) is 25.3 Å². The molecule has 1 aromatic rings. The highest BCUT2D eigenvalue weighted by Gasteiger charge is 2.13. The minimum atomic E-state index is -0.247. The lowest BCUT2D eigenvalue weighted by Crippen LogP contribution is -2.28. The number of methoxy groups -OCH3 is 1. The van der Waals surface area contributed by atoms with Crippen LogP contribution >= 0.6 is 11.8 Å². The molecule has 0 aliphatic heterocycles. The Morgan fingerprint density at radius 3 is 2.50 bits per heavy atom. The van der Waals surface area contributed by atoms with Crippen LogP contribution in [0.1, 0.15) is 31.9 Å². The fourth-order valence-electron chi connectivity index (χ4n) is 1.70. The van der Waals surface area contributed by atoms with Crippen molar-refractivity contribution in [2.75, 3.05) is 12.9 Å². The predicted molar refractivity (Wildman–Crippen MR) is 81.6 cm³/mol. The van der Waals surface area contributed by atoms with Crippen LogP contribution in [0, 0.1) is 0 Å². The minimum Gasteiger partial charge on any atom is -0.469 e. The van der Waals surface area contributed by atoms with E-state index in [4.69, 9.17) is 0 Å². The zero-order valence-electron chi connectivity index (χ0n) is 12.1. The van der Waals surface area contributed by atoms with E-state index in [1.54, 1.807) is 0 Å². The maximum atomic E-state index is 11.8. The second kappa shape index (κ2) is 8.64. The van der Waals surface area contributed by atoms with E-state index in [2.05, 4.69) is 10.1 Å². The van der Waals surface area contributed by atoms with Crippen molar-refractivity contribution >= 4 is 23.6 Å². The molecule has 110 valence electrons.